The zero-order valence-corrected chi connectivity index (χ0v) is 15.4. The van der Waals surface area contributed by atoms with E-state index in [1.165, 1.54) is 51.4 Å². The van der Waals surface area contributed by atoms with Crippen LogP contribution in [0, 0.1) is 17.8 Å². The summed E-state index contributed by atoms with van der Waals surface area (Å²) in [6.45, 7) is 3.19. The second kappa shape index (κ2) is 7.63. The van der Waals surface area contributed by atoms with Gasteiger partial charge in [-0.15, -0.1) is 0 Å². The standard InChI is InChI=1S/C20H35N3O/c1-21-20(22-19-13-18(19)16-5-3-2-4-6-16)23-11-9-17(10-12-23)24-14-15-7-8-15/h15-19H,2-14H2,1H3,(H,21,22). The van der Waals surface area contributed by atoms with Crippen molar-refractivity contribution in [3.63, 3.8) is 0 Å². The van der Waals surface area contributed by atoms with Crippen molar-refractivity contribution in [3.8, 4) is 0 Å². The van der Waals surface area contributed by atoms with E-state index in [0.717, 1.165) is 56.3 Å². The molecule has 2 unspecified atom stereocenters. The van der Waals surface area contributed by atoms with Gasteiger partial charge < -0.3 is 15.0 Å². The van der Waals surface area contributed by atoms with Crippen LogP contribution in [0.3, 0.4) is 0 Å². The van der Waals surface area contributed by atoms with E-state index in [2.05, 4.69) is 15.2 Å². The zero-order valence-electron chi connectivity index (χ0n) is 15.4. The summed E-state index contributed by atoms with van der Waals surface area (Å²) in [6, 6.07) is 0.690. The lowest BCUT2D eigenvalue weighted by molar-refractivity contribution is 0.0131. The lowest BCUT2D eigenvalue weighted by Crippen LogP contribution is -2.48. The third-order valence-corrected chi connectivity index (χ3v) is 6.63. The predicted molar refractivity (Wildman–Crippen MR) is 98.2 cm³/mol. The summed E-state index contributed by atoms with van der Waals surface area (Å²) in [5.41, 5.74) is 0. The molecule has 4 aliphatic rings. The summed E-state index contributed by atoms with van der Waals surface area (Å²) >= 11 is 0. The Morgan fingerprint density at radius 3 is 2.46 bits per heavy atom. The molecule has 4 fully saturated rings. The van der Waals surface area contributed by atoms with Crippen LogP contribution in [-0.4, -0.2) is 49.7 Å². The van der Waals surface area contributed by atoms with E-state index in [4.69, 9.17) is 4.74 Å². The van der Waals surface area contributed by atoms with Crippen LogP contribution in [0.15, 0.2) is 4.99 Å². The average molecular weight is 334 g/mol. The van der Waals surface area contributed by atoms with Gasteiger partial charge in [0.25, 0.3) is 0 Å². The number of rotatable bonds is 5. The summed E-state index contributed by atoms with van der Waals surface area (Å²) in [7, 11) is 1.94. The minimum Gasteiger partial charge on any atom is -0.378 e. The zero-order chi connectivity index (χ0) is 16.4. The molecule has 1 heterocycles. The molecular formula is C20H35N3O. The van der Waals surface area contributed by atoms with Crippen molar-refractivity contribution in [3.05, 3.63) is 0 Å². The number of hydrogen-bond donors (Lipinski definition) is 1. The van der Waals surface area contributed by atoms with Crippen LogP contribution in [0.2, 0.25) is 0 Å². The normalized spacial score (nSPS) is 32.9. The fraction of sp³-hybridized carbons (Fsp3) is 0.950. The molecule has 1 N–H and O–H groups in total. The molecule has 3 saturated carbocycles. The van der Waals surface area contributed by atoms with Crippen LogP contribution in [0.5, 0.6) is 0 Å². The largest absolute Gasteiger partial charge is 0.378 e. The maximum absolute atomic E-state index is 6.07. The molecule has 1 saturated heterocycles. The summed E-state index contributed by atoms with van der Waals surface area (Å²) in [4.78, 5) is 7.02. The number of piperidine rings is 1. The van der Waals surface area contributed by atoms with Crippen molar-refractivity contribution in [2.24, 2.45) is 22.7 Å². The highest BCUT2D eigenvalue weighted by atomic mass is 16.5. The molecule has 1 aliphatic heterocycles. The number of aliphatic imine (C=N–C) groups is 1. The lowest BCUT2D eigenvalue weighted by Gasteiger charge is -2.34. The van der Waals surface area contributed by atoms with E-state index in [0.29, 0.717) is 12.1 Å². The van der Waals surface area contributed by atoms with Crippen molar-refractivity contribution in [2.45, 2.75) is 76.4 Å². The topological polar surface area (TPSA) is 36.9 Å². The van der Waals surface area contributed by atoms with Crippen molar-refractivity contribution < 1.29 is 4.74 Å². The highest BCUT2D eigenvalue weighted by molar-refractivity contribution is 5.80. The summed E-state index contributed by atoms with van der Waals surface area (Å²) in [6.07, 6.45) is 14.2. The van der Waals surface area contributed by atoms with Crippen molar-refractivity contribution in [1.29, 1.82) is 0 Å². The molecule has 4 rings (SSSR count). The van der Waals surface area contributed by atoms with Gasteiger partial charge in [0.2, 0.25) is 0 Å². The first kappa shape index (κ1) is 16.7. The third-order valence-electron chi connectivity index (χ3n) is 6.63. The summed E-state index contributed by atoms with van der Waals surface area (Å²) < 4.78 is 6.07. The van der Waals surface area contributed by atoms with Crippen LogP contribution in [0.4, 0.5) is 0 Å². The maximum atomic E-state index is 6.07. The van der Waals surface area contributed by atoms with Gasteiger partial charge in [0.15, 0.2) is 5.96 Å². The van der Waals surface area contributed by atoms with Gasteiger partial charge in [0, 0.05) is 32.8 Å². The van der Waals surface area contributed by atoms with E-state index in [1.807, 2.05) is 7.05 Å². The Hall–Kier alpha value is -0.770. The van der Waals surface area contributed by atoms with E-state index >= 15 is 0 Å². The lowest BCUT2D eigenvalue weighted by atomic mass is 9.85. The molecule has 0 aromatic carbocycles. The smallest absolute Gasteiger partial charge is 0.193 e. The Morgan fingerprint density at radius 1 is 1.04 bits per heavy atom. The first-order chi connectivity index (χ1) is 11.8. The number of hydrogen-bond acceptors (Lipinski definition) is 2. The first-order valence-electron chi connectivity index (χ1n) is 10.4. The average Bonchev–Trinajstić information content (AvgIpc) is 3.55. The molecule has 0 spiro atoms. The number of nitrogens with one attached hydrogen (secondary N) is 1. The van der Waals surface area contributed by atoms with Crippen molar-refractivity contribution in [2.75, 3.05) is 26.7 Å². The first-order valence-corrected chi connectivity index (χ1v) is 10.4. The Balaban J connectivity index is 1.19. The van der Waals surface area contributed by atoms with Crippen LogP contribution < -0.4 is 5.32 Å². The number of likely N-dealkylation sites (tertiary alicyclic amines) is 1. The monoisotopic (exact) mass is 333 g/mol. The molecule has 3 aliphatic carbocycles. The van der Waals surface area contributed by atoms with Gasteiger partial charge in [0.1, 0.15) is 0 Å². The summed E-state index contributed by atoms with van der Waals surface area (Å²) in [5, 5.41) is 3.77. The number of ether oxygens (including phenoxy) is 1. The van der Waals surface area contributed by atoms with Crippen LogP contribution >= 0.6 is 0 Å². The molecule has 0 aromatic rings. The number of nitrogens with zero attached hydrogens (tertiary/aromatic N) is 2. The highest BCUT2D eigenvalue weighted by Crippen LogP contribution is 2.44. The van der Waals surface area contributed by atoms with Crippen LogP contribution in [0.25, 0.3) is 0 Å². The van der Waals surface area contributed by atoms with Gasteiger partial charge in [0.05, 0.1) is 6.10 Å². The van der Waals surface area contributed by atoms with E-state index < -0.39 is 0 Å². The van der Waals surface area contributed by atoms with Crippen LogP contribution in [0.1, 0.15) is 64.2 Å². The quantitative estimate of drug-likeness (QED) is 0.619. The minimum absolute atomic E-state index is 0.482. The van der Waals surface area contributed by atoms with Gasteiger partial charge in [-0.3, -0.25) is 4.99 Å². The van der Waals surface area contributed by atoms with E-state index in [1.54, 1.807) is 0 Å². The van der Waals surface area contributed by atoms with Crippen LogP contribution in [-0.2, 0) is 4.74 Å². The molecule has 0 bridgehead atoms. The molecule has 24 heavy (non-hydrogen) atoms. The molecule has 4 nitrogen and oxygen atoms in total. The van der Waals surface area contributed by atoms with Gasteiger partial charge >= 0.3 is 0 Å². The molecule has 4 heteroatoms. The van der Waals surface area contributed by atoms with Crippen molar-refractivity contribution >= 4 is 5.96 Å². The second-order valence-electron chi connectivity index (χ2n) is 8.56. The van der Waals surface area contributed by atoms with Gasteiger partial charge in [-0.1, -0.05) is 32.1 Å². The maximum Gasteiger partial charge on any atom is 0.193 e. The SMILES string of the molecule is CN=C(NC1CC1C1CCCCC1)N1CCC(OCC2CC2)CC1. The molecule has 136 valence electrons. The fourth-order valence-electron chi connectivity index (χ4n) is 4.72. The Labute approximate surface area is 147 Å². The van der Waals surface area contributed by atoms with Gasteiger partial charge in [-0.05, 0) is 49.9 Å². The molecule has 0 radical (unpaired) electrons. The van der Waals surface area contributed by atoms with Gasteiger partial charge in [-0.2, -0.15) is 0 Å². The predicted octanol–water partition coefficient (Wildman–Crippen LogP) is 3.42. The minimum atomic E-state index is 0.482. The highest BCUT2D eigenvalue weighted by Gasteiger charge is 2.44. The van der Waals surface area contributed by atoms with Crippen molar-refractivity contribution in [1.82, 2.24) is 10.2 Å². The Bertz CT molecular complexity index is 434. The summed E-state index contributed by atoms with van der Waals surface area (Å²) in [5.74, 6) is 3.92. The van der Waals surface area contributed by atoms with Gasteiger partial charge in [-0.25, -0.2) is 0 Å². The Morgan fingerprint density at radius 2 is 1.79 bits per heavy atom. The fourth-order valence-corrected chi connectivity index (χ4v) is 4.72. The molecule has 0 aromatic heterocycles. The molecule has 2 atom stereocenters. The molecular weight excluding hydrogens is 298 g/mol. The molecule has 0 amide bonds. The third kappa shape index (κ3) is 4.25. The van der Waals surface area contributed by atoms with E-state index in [9.17, 15) is 0 Å². The number of guanidine groups is 1. The Kier molecular flexibility index (Phi) is 5.31. The second-order valence-corrected chi connectivity index (χ2v) is 8.56. The van der Waals surface area contributed by atoms with E-state index in [-0.39, 0.29) is 0 Å².